The van der Waals surface area contributed by atoms with Crippen molar-refractivity contribution < 1.29 is 0 Å². The number of benzene rings is 2. The van der Waals surface area contributed by atoms with Gasteiger partial charge in [-0.1, -0.05) is 42.8 Å². The highest BCUT2D eigenvalue weighted by molar-refractivity contribution is 5.79. The number of H-pyrrole nitrogens is 1. The number of fused-ring (bicyclic) bond motifs is 1. The fourth-order valence-corrected chi connectivity index (χ4v) is 3.63. The molecule has 1 fully saturated rings. The zero-order chi connectivity index (χ0) is 16.9. The quantitative estimate of drug-likeness (QED) is 0.674. The molecule has 2 heterocycles. The number of hydrogen-bond acceptors (Lipinski definition) is 3. The lowest BCUT2D eigenvalue weighted by Gasteiger charge is -2.26. The Balaban J connectivity index is 1.42. The molecule has 0 amide bonds. The topological polar surface area (TPSA) is 44.0 Å². The number of piperidine rings is 1. The summed E-state index contributed by atoms with van der Waals surface area (Å²) in [6.45, 7) is 5.58. The van der Waals surface area contributed by atoms with E-state index in [1.165, 1.54) is 43.5 Å². The molecule has 2 N–H and O–H groups in total. The molecule has 0 aliphatic carbocycles. The van der Waals surface area contributed by atoms with Crippen LogP contribution in [-0.4, -0.2) is 41.0 Å². The molecular formula is C21H26N4. The van der Waals surface area contributed by atoms with E-state index in [2.05, 4.69) is 51.6 Å². The largest absolute Gasteiger partial charge is 0.338 e. The zero-order valence-electron chi connectivity index (χ0n) is 14.7. The number of rotatable bonds is 6. The molecule has 0 atom stereocenters. The van der Waals surface area contributed by atoms with Gasteiger partial charge >= 0.3 is 0 Å². The van der Waals surface area contributed by atoms with Crippen LogP contribution in [0.4, 0.5) is 0 Å². The zero-order valence-corrected chi connectivity index (χ0v) is 14.7. The number of nitrogens with zero attached hydrogens (tertiary/aromatic N) is 2. The third-order valence-corrected chi connectivity index (χ3v) is 5.03. The molecule has 130 valence electrons. The van der Waals surface area contributed by atoms with E-state index in [4.69, 9.17) is 4.98 Å². The molecule has 1 saturated heterocycles. The smallest absolute Gasteiger partial charge is 0.138 e. The predicted molar refractivity (Wildman–Crippen MR) is 104 cm³/mol. The molecule has 4 nitrogen and oxygen atoms in total. The number of aromatic amines is 1. The minimum absolute atomic E-state index is 0.876. The minimum atomic E-state index is 0.876. The predicted octanol–water partition coefficient (Wildman–Crippen LogP) is 3.81. The van der Waals surface area contributed by atoms with Crippen LogP contribution in [0, 0.1) is 0 Å². The summed E-state index contributed by atoms with van der Waals surface area (Å²) in [7, 11) is 0. The van der Waals surface area contributed by atoms with Crippen LogP contribution in [0.3, 0.4) is 0 Å². The number of para-hydroxylation sites is 2. The third-order valence-electron chi connectivity index (χ3n) is 5.03. The molecule has 0 unspecified atom stereocenters. The molecule has 0 spiro atoms. The van der Waals surface area contributed by atoms with Gasteiger partial charge in [0.05, 0.1) is 11.0 Å². The van der Waals surface area contributed by atoms with Gasteiger partial charge in [0.25, 0.3) is 0 Å². The molecule has 4 heteroatoms. The molecule has 4 rings (SSSR count). The van der Waals surface area contributed by atoms with Crippen molar-refractivity contribution in [3.63, 3.8) is 0 Å². The number of imidazole rings is 1. The van der Waals surface area contributed by atoms with Crippen molar-refractivity contribution in [3.05, 3.63) is 54.1 Å². The number of aromatic nitrogens is 2. The van der Waals surface area contributed by atoms with Crippen LogP contribution in [-0.2, 0) is 6.54 Å². The number of likely N-dealkylation sites (tertiary alicyclic amines) is 1. The highest BCUT2D eigenvalue weighted by atomic mass is 15.1. The van der Waals surface area contributed by atoms with Crippen molar-refractivity contribution in [3.8, 4) is 11.4 Å². The fourth-order valence-electron chi connectivity index (χ4n) is 3.63. The molecule has 25 heavy (non-hydrogen) atoms. The molecule has 1 aliphatic rings. The van der Waals surface area contributed by atoms with Crippen LogP contribution in [0.2, 0.25) is 0 Å². The average Bonchev–Trinajstić information content (AvgIpc) is 3.10. The second-order valence-electron chi connectivity index (χ2n) is 6.84. The first-order valence-electron chi connectivity index (χ1n) is 9.36. The minimum Gasteiger partial charge on any atom is -0.338 e. The molecule has 2 aromatic carbocycles. The Morgan fingerprint density at radius 3 is 2.64 bits per heavy atom. The first-order chi connectivity index (χ1) is 12.4. The monoisotopic (exact) mass is 334 g/mol. The summed E-state index contributed by atoms with van der Waals surface area (Å²) in [6, 6.07) is 16.7. The van der Waals surface area contributed by atoms with E-state index >= 15 is 0 Å². The van der Waals surface area contributed by atoms with Gasteiger partial charge in [-0.15, -0.1) is 0 Å². The first kappa shape index (κ1) is 16.3. The molecule has 0 bridgehead atoms. The maximum atomic E-state index is 4.75. The average molecular weight is 334 g/mol. The van der Waals surface area contributed by atoms with Gasteiger partial charge in [0, 0.05) is 25.2 Å². The summed E-state index contributed by atoms with van der Waals surface area (Å²) >= 11 is 0. The van der Waals surface area contributed by atoms with E-state index in [0.717, 1.165) is 36.5 Å². The molecule has 1 aromatic heterocycles. The summed E-state index contributed by atoms with van der Waals surface area (Å²) in [5.74, 6) is 0.953. The van der Waals surface area contributed by atoms with Crippen LogP contribution in [0.1, 0.15) is 24.8 Å². The Morgan fingerprint density at radius 2 is 1.76 bits per heavy atom. The van der Waals surface area contributed by atoms with Gasteiger partial charge in [-0.3, -0.25) is 0 Å². The highest BCUT2D eigenvalue weighted by Gasteiger charge is 2.11. The van der Waals surface area contributed by atoms with E-state index in [9.17, 15) is 0 Å². The Morgan fingerprint density at radius 1 is 0.960 bits per heavy atom. The van der Waals surface area contributed by atoms with Gasteiger partial charge in [0.1, 0.15) is 5.82 Å². The molecular weight excluding hydrogens is 308 g/mol. The summed E-state index contributed by atoms with van der Waals surface area (Å²) in [5, 5.41) is 3.61. The number of nitrogens with one attached hydrogen (secondary N) is 2. The van der Waals surface area contributed by atoms with Gasteiger partial charge in [0.15, 0.2) is 0 Å². The van der Waals surface area contributed by atoms with Crippen LogP contribution in [0.5, 0.6) is 0 Å². The maximum absolute atomic E-state index is 4.75. The van der Waals surface area contributed by atoms with Crippen molar-refractivity contribution in [2.45, 2.75) is 25.8 Å². The van der Waals surface area contributed by atoms with E-state index in [1.807, 2.05) is 12.1 Å². The van der Waals surface area contributed by atoms with Crippen LogP contribution in [0.25, 0.3) is 22.4 Å². The summed E-state index contributed by atoms with van der Waals surface area (Å²) in [5.41, 5.74) is 4.58. The summed E-state index contributed by atoms with van der Waals surface area (Å²) < 4.78 is 0. The van der Waals surface area contributed by atoms with Gasteiger partial charge in [0.2, 0.25) is 0 Å². The van der Waals surface area contributed by atoms with Gasteiger partial charge in [-0.25, -0.2) is 4.98 Å². The Bertz CT molecular complexity index is 784. The third kappa shape index (κ3) is 3.91. The second kappa shape index (κ2) is 7.81. The normalized spacial score (nSPS) is 15.7. The fraction of sp³-hybridized carbons (Fsp3) is 0.381. The van der Waals surface area contributed by atoms with Crippen molar-refractivity contribution in [2.75, 3.05) is 26.2 Å². The number of hydrogen-bond donors (Lipinski definition) is 2. The standard InChI is InChI=1S/C21H26N4/c1-6-13-25(14-7-1)15-12-22-16-17-8-2-3-9-18(17)21-23-19-10-4-5-11-20(19)24-21/h2-5,8-11,22H,1,6-7,12-16H2,(H,23,24). The lowest BCUT2D eigenvalue weighted by molar-refractivity contribution is 0.229. The van der Waals surface area contributed by atoms with Gasteiger partial charge < -0.3 is 15.2 Å². The molecule has 0 saturated carbocycles. The van der Waals surface area contributed by atoms with E-state index in [1.54, 1.807) is 0 Å². The summed E-state index contributed by atoms with van der Waals surface area (Å²) in [6.07, 6.45) is 4.11. The Hall–Kier alpha value is -2.17. The van der Waals surface area contributed by atoms with Crippen LogP contribution in [0.15, 0.2) is 48.5 Å². The van der Waals surface area contributed by atoms with Gasteiger partial charge in [-0.05, 0) is 43.6 Å². The van der Waals surface area contributed by atoms with E-state index in [0.29, 0.717) is 0 Å². The highest BCUT2D eigenvalue weighted by Crippen LogP contribution is 2.23. The molecule has 3 aromatic rings. The molecule has 0 radical (unpaired) electrons. The van der Waals surface area contributed by atoms with Crippen LogP contribution < -0.4 is 5.32 Å². The van der Waals surface area contributed by atoms with Crippen molar-refractivity contribution in [2.24, 2.45) is 0 Å². The van der Waals surface area contributed by atoms with Crippen molar-refractivity contribution >= 4 is 11.0 Å². The van der Waals surface area contributed by atoms with E-state index in [-0.39, 0.29) is 0 Å². The van der Waals surface area contributed by atoms with Crippen molar-refractivity contribution in [1.29, 1.82) is 0 Å². The van der Waals surface area contributed by atoms with Gasteiger partial charge in [-0.2, -0.15) is 0 Å². The lowest BCUT2D eigenvalue weighted by Crippen LogP contribution is -2.35. The molecule has 1 aliphatic heterocycles. The Kier molecular flexibility index (Phi) is 5.09. The second-order valence-corrected chi connectivity index (χ2v) is 6.84. The Labute approximate surface area is 149 Å². The first-order valence-corrected chi connectivity index (χ1v) is 9.36. The lowest BCUT2D eigenvalue weighted by atomic mass is 10.1. The van der Waals surface area contributed by atoms with Crippen LogP contribution >= 0.6 is 0 Å². The summed E-state index contributed by atoms with van der Waals surface area (Å²) in [4.78, 5) is 10.8. The maximum Gasteiger partial charge on any atom is 0.138 e. The SMILES string of the molecule is c1ccc(-c2nc3ccccc3[nH]2)c(CNCCN2CCCCC2)c1. The van der Waals surface area contributed by atoms with Crippen molar-refractivity contribution in [1.82, 2.24) is 20.2 Å². The van der Waals surface area contributed by atoms with E-state index < -0.39 is 0 Å².